The van der Waals surface area contributed by atoms with E-state index in [1.165, 1.54) is 35.7 Å². The van der Waals surface area contributed by atoms with E-state index < -0.39 is 0 Å². The molecular weight excluding hydrogens is 232 g/mol. The van der Waals surface area contributed by atoms with E-state index in [0.29, 0.717) is 6.04 Å². The summed E-state index contributed by atoms with van der Waals surface area (Å²) in [4.78, 5) is 2.55. The zero-order valence-corrected chi connectivity index (χ0v) is 11.6. The first-order valence-corrected chi connectivity index (χ1v) is 7.20. The summed E-state index contributed by atoms with van der Waals surface area (Å²) in [7, 11) is 4.40. The molecule has 3 heterocycles. The fraction of sp³-hybridized carbons (Fsp3) is 0.412. The Kier molecular flexibility index (Phi) is 2.36. The van der Waals surface area contributed by atoms with Gasteiger partial charge in [0.25, 0.3) is 0 Å². The van der Waals surface area contributed by atoms with Crippen LogP contribution in [0.15, 0.2) is 36.5 Å². The number of hydrogen-bond acceptors (Lipinski definition) is 1. The lowest BCUT2D eigenvalue weighted by molar-refractivity contribution is 0.264. The SMILES string of the molecule is CN1C2C=C(c3ccc4ccn(C)c4c3)CC1CC2. The van der Waals surface area contributed by atoms with Crippen molar-refractivity contribution in [2.24, 2.45) is 7.05 Å². The number of hydrogen-bond donors (Lipinski definition) is 0. The zero-order valence-electron chi connectivity index (χ0n) is 11.6. The first-order chi connectivity index (χ1) is 9.22. The molecule has 19 heavy (non-hydrogen) atoms. The predicted octanol–water partition coefficient (Wildman–Crippen LogP) is 3.43. The Morgan fingerprint density at radius 3 is 2.84 bits per heavy atom. The Bertz CT molecular complexity index is 665. The fourth-order valence-corrected chi connectivity index (χ4v) is 3.72. The highest BCUT2D eigenvalue weighted by molar-refractivity contribution is 5.84. The summed E-state index contributed by atoms with van der Waals surface area (Å²) < 4.78 is 2.21. The number of aromatic nitrogens is 1. The van der Waals surface area contributed by atoms with Crippen molar-refractivity contribution in [3.05, 3.63) is 42.1 Å². The third-order valence-corrected chi connectivity index (χ3v) is 5.00. The van der Waals surface area contributed by atoms with Gasteiger partial charge in [-0.2, -0.15) is 0 Å². The van der Waals surface area contributed by atoms with Crippen molar-refractivity contribution >= 4 is 16.5 Å². The minimum Gasteiger partial charge on any atom is -0.351 e. The smallest absolute Gasteiger partial charge is 0.0483 e. The Balaban J connectivity index is 1.78. The van der Waals surface area contributed by atoms with Crippen LogP contribution in [0.25, 0.3) is 16.5 Å². The fourth-order valence-electron chi connectivity index (χ4n) is 3.72. The largest absolute Gasteiger partial charge is 0.351 e. The summed E-state index contributed by atoms with van der Waals surface area (Å²) in [6, 6.07) is 10.5. The van der Waals surface area contributed by atoms with Gasteiger partial charge in [0.2, 0.25) is 0 Å². The average molecular weight is 252 g/mol. The number of nitrogens with zero attached hydrogens (tertiary/aromatic N) is 2. The third kappa shape index (κ3) is 1.67. The molecule has 0 spiro atoms. The second kappa shape index (κ2) is 3.97. The van der Waals surface area contributed by atoms with Crippen LogP contribution in [0, 0.1) is 0 Å². The highest BCUT2D eigenvalue weighted by Gasteiger charge is 2.33. The Hall–Kier alpha value is -1.54. The minimum atomic E-state index is 0.665. The van der Waals surface area contributed by atoms with E-state index >= 15 is 0 Å². The molecule has 1 aromatic carbocycles. The maximum atomic E-state index is 2.55. The van der Waals surface area contributed by atoms with Crippen molar-refractivity contribution in [1.82, 2.24) is 9.47 Å². The van der Waals surface area contributed by atoms with Gasteiger partial charge in [0.15, 0.2) is 0 Å². The van der Waals surface area contributed by atoms with Gasteiger partial charge in [0, 0.05) is 30.8 Å². The van der Waals surface area contributed by atoms with Crippen molar-refractivity contribution in [2.45, 2.75) is 31.3 Å². The molecule has 2 aliphatic heterocycles. The number of likely N-dealkylation sites (N-methyl/N-ethyl adjacent to an activating group) is 1. The van der Waals surface area contributed by atoms with Gasteiger partial charge in [-0.05, 0) is 55.0 Å². The first kappa shape index (κ1) is 11.3. The van der Waals surface area contributed by atoms with Crippen molar-refractivity contribution in [2.75, 3.05) is 7.05 Å². The van der Waals surface area contributed by atoms with Gasteiger partial charge >= 0.3 is 0 Å². The highest BCUT2D eigenvalue weighted by atomic mass is 15.2. The molecule has 2 aliphatic rings. The second-order valence-corrected chi connectivity index (χ2v) is 6.06. The van der Waals surface area contributed by atoms with Gasteiger partial charge in [-0.3, -0.25) is 4.90 Å². The van der Waals surface area contributed by atoms with Crippen LogP contribution in [-0.2, 0) is 7.05 Å². The maximum Gasteiger partial charge on any atom is 0.0483 e. The molecule has 4 rings (SSSR count). The van der Waals surface area contributed by atoms with E-state index in [4.69, 9.17) is 0 Å². The van der Waals surface area contributed by atoms with Crippen LogP contribution in [0.1, 0.15) is 24.8 Å². The first-order valence-electron chi connectivity index (χ1n) is 7.20. The predicted molar refractivity (Wildman–Crippen MR) is 80.1 cm³/mol. The minimum absolute atomic E-state index is 0.665. The van der Waals surface area contributed by atoms with Crippen molar-refractivity contribution < 1.29 is 0 Å². The van der Waals surface area contributed by atoms with Crippen molar-refractivity contribution in [1.29, 1.82) is 0 Å². The Morgan fingerprint density at radius 1 is 1.11 bits per heavy atom. The lowest BCUT2D eigenvalue weighted by atomic mass is 9.94. The molecule has 1 saturated heterocycles. The van der Waals surface area contributed by atoms with Crippen molar-refractivity contribution in [3.63, 3.8) is 0 Å². The van der Waals surface area contributed by atoms with Crippen LogP contribution < -0.4 is 0 Å². The Morgan fingerprint density at radius 2 is 2.00 bits per heavy atom. The number of fused-ring (bicyclic) bond motifs is 3. The standard InChI is InChI=1S/C17H20N2/c1-18-8-7-12-3-4-13(11-17(12)18)14-9-15-5-6-16(10-14)19(15)2/h3-4,7-9,11,15-16H,5-6,10H2,1-2H3. The molecule has 0 saturated carbocycles. The summed E-state index contributed by atoms with van der Waals surface area (Å²) in [5.74, 6) is 0. The van der Waals surface area contributed by atoms with E-state index in [0.717, 1.165) is 6.04 Å². The number of aryl methyl sites for hydroxylation is 1. The third-order valence-electron chi connectivity index (χ3n) is 5.00. The summed E-state index contributed by atoms with van der Waals surface area (Å²) in [5, 5.41) is 1.34. The number of rotatable bonds is 1. The molecule has 2 atom stereocenters. The van der Waals surface area contributed by atoms with Crippen LogP contribution in [0.5, 0.6) is 0 Å². The molecule has 2 aromatic rings. The molecule has 2 unspecified atom stereocenters. The summed E-state index contributed by atoms with van der Waals surface area (Å²) in [5.41, 5.74) is 4.30. The molecule has 0 radical (unpaired) electrons. The summed E-state index contributed by atoms with van der Waals surface area (Å²) in [6.07, 6.45) is 8.53. The van der Waals surface area contributed by atoms with Gasteiger partial charge < -0.3 is 4.57 Å². The van der Waals surface area contributed by atoms with E-state index in [1.807, 2.05) is 0 Å². The lowest BCUT2D eigenvalue weighted by Crippen LogP contribution is -2.34. The molecule has 2 bridgehead atoms. The monoisotopic (exact) mass is 252 g/mol. The molecule has 98 valence electrons. The molecule has 1 fully saturated rings. The lowest BCUT2D eigenvalue weighted by Gasteiger charge is -2.30. The van der Waals surface area contributed by atoms with Gasteiger partial charge in [0.05, 0.1) is 0 Å². The molecule has 2 heteroatoms. The normalized spacial score (nSPS) is 26.9. The van der Waals surface area contributed by atoms with Crippen molar-refractivity contribution in [3.8, 4) is 0 Å². The van der Waals surface area contributed by atoms with Gasteiger partial charge in [-0.15, -0.1) is 0 Å². The summed E-state index contributed by atoms with van der Waals surface area (Å²) >= 11 is 0. The average Bonchev–Trinajstić information content (AvgIpc) is 2.86. The highest BCUT2D eigenvalue weighted by Crippen LogP contribution is 2.37. The van der Waals surface area contributed by atoms with Gasteiger partial charge in [-0.1, -0.05) is 18.2 Å². The maximum absolute atomic E-state index is 2.55. The van der Waals surface area contributed by atoms with E-state index in [1.54, 1.807) is 5.57 Å². The molecular formula is C17H20N2. The second-order valence-electron chi connectivity index (χ2n) is 6.06. The van der Waals surface area contributed by atoms with E-state index in [2.05, 4.69) is 60.1 Å². The van der Waals surface area contributed by atoms with Gasteiger partial charge in [0.1, 0.15) is 0 Å². The molecule has 2 nitrogen and oxygen atoms in total. The molecule has 1 aromatic heterocycles. The van der Waals surface area contributed by atoms with Crippen LogP contribution >= 0.6 is 0 Å². The molecule has 0 amide bonds. The topological polar surface area (TPSA) is 8.17 Å². The number of benzene rings is 1. The quantitative estimate of drug-likeness (QED) is 0.755. The zero-order chi connectivity index (χ0) is 13.0. The summed E-state index contributed by atoms with van der Waals surface area (Å²) in [6.45, 7) is 0. The van der Waals surface area contributed by atoms with Crippen LogP contribution in [0.3, 0.4) is 0 Å². The molecule has 0 aliphatic carbocycles. The van der Waals surface area contributed by atoms with Crippen LogP contribution in [-0.4, -0.2) is 28.6 Å². The van der Waals surface area contributed by atoms with Crippen LogP contribution in [0.2, 0.25) is 0 Å². The van der Waals surface area contributed by atoms with E-state index in [9.17, 15) is 0 Å². The Labute approximate surface area is 114 Å². The van der Waals surface area contributed by atoms with E-state index in [-0.39, 0.29) is 0 Å². The van der Waals surface area contributed by atoms with Gasteiger partial charge in [-0.25, -0.2) is 0 Å². The molecule has 0 N–H and O–H groups in total. The van der Waals surface area contributed by atoms with Crippen LogP contribution in [0.4, 0.5) is 0 Å².